The van der Waals surface area contributed by atoms with Crippen LogP contribution >= 0.6 is 0 Å². The SMILES string of the molecule is COCCN(C)CCNc1cc(N)ccc1C(=O)O. The first-order chi connectivity index (χ1) is 9.04. The zero-order chi connectivity index (χ0) is 14.3. The predicted octanol–water partition coefficient (Wildman–Crippen LogP) is 0.957. The molecule has 19 heavy (non-hydrogen) atoms. The van der Waals surface area contributed by atoms with Crippen LogP contribution in [0.1, 0.15) is 10.4 Å². The Labute approximate surface area is 113 Å². The molecule has 0 radical (unpaired) electrons. The molecule has 6 nitrogen and oxygen atoms in total. The van der Waals surface area contributed by atoms with Gasteiger partial charge in [0.25, 0.3) is 0 Å². The summed E-state index contributed by atoms with van der Waals surface area (Å²) in [5.74, 6) is -0.963. The van der Waals surface area contributed by atoms with Crippen molar-refractivity contribution < 1.29 is 14.6 Å². The van der Waals surface area contributed by atoms with Crippen molar-refractivity contribution in [1.82, 2.24) is 4.90 Å². The third-order valence-corrected chi connectivity index (χ3v) is 2.76. The maximum Gasteiger partial charge on any atom is 0.337 e. The molecule has 0 heterocycles. The Morgan fingerprint density at radius 1 is 1.47 bits per heavy atom. The van der Waals surface area contributed by atoms with Crippen molar-refractivity contribution in [3.05, 3.63) is 23.8 Å². The van der Waals surface area contributed by atoms with E-state index in [1.54, 1.807) is 19.2 Å². The van der Waals surface area contributed by atoms with Gasteiger partial charge in [0.15, 0.2) is 0 Å². The number of anilines is 2. The lowest BCUT2D eigenvalue weighted by Crippen LogP contribution is -2.28. The summed E-state index contributed by atoms with van der Waals surface area (Å²) in [6.45, 7) is 2.94. The number of nitrogen functional groups attached to an aromatic ring is 1. The number of hydrogen-bond acceptors (Lipinski definition) is 5. The molecular weight excluding hydrogens is 246 g/mol. The lowest BCUT2D eigenvalue weighted by Gasteiger charge is -2.17. The van der Waals surface area contributed by atoms with Crippen LogP contribution in [0.3, 0.4) is 0 Å². The Balaban J connectivity index is 2.52. The summed E-state index contributed by atoms with van der Waals surface area (Å²) in [5.41, 5.74) is 6.99. The summed E-state index contributed by atoms with van der Waals surface area (Å²) in [7, 11) is 3.65. The minimum absolute atomic E-state index is 0.230. The number of nitrogens with one attached hydrogen (secondary N) is 1. The van der Waals surface area contributed by atoms with Crippen molar-refractivity contribution in [2.45, 2.75) is 0 Å². The molecule has 0 aliphatic carbocycles. The molecule has 0 saturated heterocycles. The molecule has 1 aromatic rings. The first-order valence-corrected chi connectivity index (χ1v) is 6.08. The van der Waals surface area contributed by atoms with Crippen LogP contribution in [0, 0.1) is 0 Å². The van der Waals surface area contributed by atoms with Gasteiger partial charge >= 0.3 is 5.97 Å². The number of carboxylic acids is 1. The molecular formula is C13H21N3O3. The van der Waals surface area contributed by atoms with Gasteiger partial charge in [0.2, 0.25) is 0 Å². The number of rotatable bonds is 8. The topological polar surface area (TPSA) is 87.8 Å². The molecule has 0 fully saturated rings. The fraction of sp³-hybridized carbons (Fsp3) is 0.462. The highest BCUT2D eigenvalue weighted by molar-refractivity contribution is 5.95. The number of benzene rings is 1. The zero-order valence-corrected chi connectivity index (χ0v) is 11.3. The van der Waals surface area contributed by atoms with Crippen LogP contribution in [-0.2, 0) is 4.74 Å². The molecule has 0 unspecified atom stereocenters. The number of carbonyl (C=O) groups is 1. The van der Waals surface area contributed by atoms with E-state index < -0.39 is 5.97 Å². The molecule has 1 rings (SSSR count). The van der Waals surface area contributed by atoms with Gasteiger partial charge in [-0.2, -0.15) is 0 Å². The van der Waals surface area contributed by atoms with Gasteiger partial charge in [-0.1, -0.05) is 0 Å². The van der Waals surface area contributed by atoms with Crippen molar-refractivity contribution in [3.8, 4) is 0 Å². The summed E-state index contributed by atoms with van der Waals surface area (Å²) >= 11 is 0. The number of nitrogens with zero attached hydrogens (tertiary/aromatic N) is 1. The average Bonchev–Trinajstić information content (AvgIpc) is 2.36. The van der Waals surface area contributed by atoms with Crippen LogP contribution in [-0.4, -0.2) is 56.4 Å². The molecule has 0 aliphatic rings. The fourth-order valence-electron chi connectivity index (χ4n) is 1.63. The number of methoxy groups -OCH3 is 1. The highest BCUT2D eigenvalue weighted by Gasteiger charge is 2.09. The first kappa shape index (κ1) is 15.3. The molecule has 0 aromatic heterocycles. The number of likely N-dealkylation sites (N-methyl/N-ethyl adjacent to an activating group) is 1. The molecule has 106 valence electrons. The average molecular weight is 267 g/mol. The van der Waals surface area contributed by atoms with E-state index in [9.17, 15) is 4.79 Å². The maximum absolute atomic E-state index is 11.1. The quantitative estimate of drug-likeness (QED) is 0.608. The monoisotopic (exact) mass is 267 g/mol. The molecule has 6 heteroatoms. The summed E-state index contributed by atoms with van der Waals surface area (Å²) < 4.78 is 4.99. The van der Waals surface area contributed by atoms with Crippen LogP contribution in [0.2, 0.25) is 0 Å². The summed E-state index contributed by atoms with van der Waals surface area (Å²) in [4.78, 5) is 13.2. The van der Waals surface area contributed by atoms with Crippen LogP contribution in [0.25, 0.3) is 0 Å². The molecule has 0 amide bonds. The van der Waals surface area contributed by atoms with Crippen LogP contribution in [0.5, 0.6) is 0 Å². The second-order valence-corrected chi connectivity index (χ2v) is 4.33. The molecule has 1 aromatic carbocycles. The number of nitrogens with two attached hydrogens (primary N) is 1. The Hall–Kier alpha value is -1.79. The normalized spacial score (nSPS) is 10.7. The predicted molar refractivity (Wildman–Crippen MR) is 75.7 cm³/mol. The maximum atomic E-state index is 11.1. The van der Waals surface area contributed by atoms with E-state index in [4.69, 9.17) is 15.6 Å². The molecule has 0 bridgehead atoms. The van der Waals surface area contributed by atoms with Gasteiger partial charge in [0.1, 0.15) is 0 Å². The standard InChI is InChI=1S/C13H21N3O3/c1-16(7-8-19-2)6-5-15-12-9-10(14)3-4-11(12)13(17)18/h3-4,9,15H,5-8,14H2,1-2H3,(H,17,18). The van der Waals surface area contributed by atoms with Gasteiger partial charge in [-0.3, -0.25) is 0 Å². The fourth-order valence-corrected chi connectivity index (χ4v) is 1.63. The molecule has 0 aliphatic heterocycles. The van der Waals surface area contributed by atoms with Gasteiger partial charge in [-0.25, -0.2) is 4.79 Å². The number of aromatic carboxylic acids is 1. The first-order valence-electron chi connectivity index (χ1n) is 6.08. The van der Waals surface area contributed by atoms with Crippen LogP contribution in [0.15, 0.2) is 18.2 Å². The summed E-state index contributed by atoms with van der Waals surface area (Å²) in [6.07, 6.45) is 0. The minimum Gasteiger partial charge on any atom is -0.478 e. The smallest absolute Gasteiger partial charge is 0.337 e. The number of carboxylic acid groups (broad SMARTS) is 1. The number of ether oxygens (including phenoxy) is 1. The van der Waals surface area contributed by atoms with Gasteiger partial charge in [-0.15, -0.1) is 0 Å². The van der Waals surface area contributed by atoms with Crippen molar-refractivity contribution >= 4 is 17.3 Å². The molecule has 4 N–H and O–H groups in total. The Kier molecular flexibility index (Phi) is 6.11. The van der Waals surface area contributed by atoms with E-state index >= 15 is 0 Å². The van der Waals surface area contributed by atoms with Gasteiger partial charge in [-0.05, 0) is 25.2 Å². The molecule has 0 spiro atoms. The van der Waals surface area contributed by atoms with Crippen molar-refractivity contribution in [1.29, 1.82) is 0 Å². The second-order valence-electron chi connectivity index (χ2n) is 4.33. The zero-order valence-electron chi connectivity index (χ0n) is 11.3. The van der Waals surface area contributed by atoms with Crippen LogP contribution < -0.4 is 11.1 Å². The molecule has 0 atom stereocenters. The van der Waals surface area contributed by atoms with Crippen LogP contribution in [0.4, 0.5) is 11.4 Å². The Morgan fingerprint density at radius 2 is 2.21 bits per heavy atom. The van der Waals surface area contributed by atoms with Crippen molar-refractivity contribution in [2.75, 3.05) is 51.4 Å². The van der Waals surface area contributed by atoms with E-state index in [1.165, 1.54) is 6.07 Å². The third-order valence-electron chi connectivity index (χ3n) is 2.76. The highest BCUT2D eigenvalue weighted by atomic mass is 16.5. The minimum atomic E-state index is -0.963. The van der Waals surface area contributed by atoms with Crippen molar-refractivity contribution in [3.63, 3.8) is 0 Å². The number of hydrogen-bond donors (Lipinski definition) is 3. The van der Waals surface area contributed by atoms with E-state index in [0.717, 1.165) is 13.1 Å². The Morgan fingerprint density at radius 3 is 2.84 bits per heavy atom. The summed E-state index contributed by atoms with van der Waals surface area (Å²) in [5, 5.41) is 12.2. The lowest BCUT2D eigenvalue weighted by molar-refractivity contribution is 0.0698. The third kappa shape index (κ3) is 5.15. The highest BCUT2D eigenvalue weighted by Crippen LogP contribution is 2.18. The van der Waals surface area contributed by atoms with E-state index in [1.807, 2.05) is 7.05 Å². The van der Waals surface area contributed by atoms with E-state index in [-0.39, 0.29) is 5.56 Å². The van der Waals surface area contributed by atoms with Gasteiger partial charge < -0.3 is 25.8 Å². The second kappa shape index (κ2) is 7.60. The summed E-state index contributed by atoms with van der Waals surface area (Å²) in [6, 6.07) is 4.73. The van der Waals surface area contributed by atoms with E-state index in [0.29, 0.717) is 24.5 Å². The molecule has 0 saturated carbocycles. The van der Waals surface area contributed by atoms with Crippen molar-refractivity contribution in [2.24, 2.45) is 0 Å². The Bertz CT molecular complexity index is 424. The van der Waals surface area contributed by atoms with Gasteiger partial charge in [0.05, 0.1) is 17.9 Å². The van der Waals surface area contributed by atoms with Gasteiger partial charge in [0, 0.05) is 32.4 Å². The lowest BCUT2D eigenvalue weighted by atomic mass is 10.1. The van der Waals surface area contributed by atoms with E-state index in [2.05, 4.69) is 10.2 Å². The largest absolute Gasteiger partial charge is 0.478 e.